The van der Waals surface area contributed by atoms with Crippen molar-refractivity contribution in [3.8, 4) is 22.8 Å². The van der Waals surface area contributed by atoms with Crippen LogP contribution in [0.1, 0.15) is 11.1 Å². The third-order valence-corrected chi connectivity index (χ3v) is 7.34. The van der Waals surface area contributed by atoms with E-state index in [-0.39, 0.29) is 33.0 Å². The molecule has 0 unspecified atom stereocenters. The predicted molar refractivity (Wildman–Crippen MR) is 130 cm³/mol. The van der Waals surface area contributed by atoms with Crippen LogP contribution in [0.25, 0.3) is 28.2 Å². The highest BCUT2D eigenvalue weighted by atomic mass is 32.2. The molecule has 0 aliphatic heterocycles. The number of nitrogens with one attached hydrogen (secondary N) is 1. The Morgan fingerprint density at radius 2 is 1.80 bits per heavy atom. The lowest BCUT2D eigenvalue weighted by atomic mass is 10.1. The lowest BCUT2D eigenvalue weighted by Crippen LogP contribution is -2.12. The summed E-state index contributed by atoms with van der Waals surface area (Å²) in [6, 6.07) is 14.7. The number of benzene rings is 3. The average Bonchev–Trinajstić information content (AvgIpc) is 3.51. The molecular formula is C26H19F2N3O3S. The standard InChI is InChI=1S/C26H19F2N3O3S/c1-3-19-20-11-13-31(35(32,33)18-7-4-16(2)5-8-18)25(20)15-23(28)26(19)34-17-6-9-22(27)21(14-17)24-10-12-29-30-24/h3-15H,1H2,2H3,(H,29,30). The highest BCUT2D eigenvalue weighted by molar-refractivity contribution is 7.90. The molecule has 9 heteroatoms. The first-order valence-electron chi connectivity index (χ1n) is 10.5. The van der Waals surface area contributed by atoms with Gasteiger partial charge in [-0.05, 0) is 49.4 Å². The number of ether oxygens (including phenoxy) is 1. The number of aromatic nitrogens is 3. The van der Waals surface area contributed by atoms with Crippen LogP contribution in [0.5, 0.6) is 11.5 Å². The summed E-state index contributed by atoms with van der Waals surface area (Å²) in [7, 11) is -3.96. The van der Waals surface area contributed by atoms with Crippen LogP contribution in [-0.4, -0.2) is 22.6 Å². The summed E-state index contributed by atoms with van der Waals surface area (Å²) >= 11 is 0. The van der Waals surface area contributed by atoms with Crippen LogP contribution in [0.15, 0.2) is 84.5 Å². The lowest BCUT2D eigenvalue weighted by Gasteiger charge is -2.14. The lowest BCUT2D eigenvalue weighted by molar-refractivity contribution is 0.441. The fourth-order valence-electron chi connectivity index (χ4n) is 3.87. The summed E-state index contributed by atoms with van der Waals surface area (Å²) in [5, 5.41) is 6.93. The van der Waals surface area contributed by atoms with E-state index in [1.807, 2.05) is 6.92 Å². The van der Waals surface area contributed by atoms with Crippen LogP contribution in [0.4, 0.5) is 8.78 Å². The molecule has 0 atom stereocenters. The molecule has 0 spiro atoms. The van der Waals surface area contributed by atoms with Gasteiger partial charge < -0.3 is 4.74 Å². The SMILES string of the molecule is C=Cc1c(Oc2ccc(F)c(-c3ccn[nH]3)c2)c(F)cc2c1ccn2S(=O)(=O)c1ccc(C)cc1. The first-order chi connectivity index (χ1) is 16.8. The van der Waals surface area contributed by atoms with Crippen LogP contribution in [0.2, 0.25) is 0 Å². The van der Waals surface area contributed by atoms with Crippen LogP contribution >= 0.6 is 0 Å². The Bertz CT molecular complexity index is 1670. The van der Waals surface area contributed by atoms with Crippen molar-refractivity contribution in [2.24, 2.45) is 0 Å². The Kier molecular flexibility index (Phi) is 5.49. The van der Waals surface area contributed by atoms with E-state index >= 15 is 4.39 Å². The Labute approximate surface area is 200 Å². The molecule has 0 saturated heterocycles. The van der Waals surface area contributed by atoms with E-state index in [1.54, 1.807) is 24.3 Å². The van der Waals surface area contributed by atoms with Crippen molar-refractivity contribution in [2.75, 3.05) is 0 Å². The number of hydrogen-bond donors (Lipinski definition) is 1. The highest BCUT2D eigenvalue weighted by Gasteiger charge is 2.23. The van der Waals surface area contributed by atoms with Gasteiger partial charge in [0, 0.05) is 35.0 Å². The van der Waals surface area contributed by atoms with Gasteiger partial charge in [0.2, 0.25) is 0 Å². The molecule has 0 fully saturated rings. The average molecular weight is 492 g/mol. The molecule has 2 heterocycles. The van der Waals surface area contributed by atoms with Crippen LogP contribution in [-0.2, 0) is 10.0 Å². The monoisotopic (exact) mass is 491 g/mol. The molecule has 0 bridgehead atoms. The second kappa shape index (κ2) is 8.52. The van der Waals surface area contributed by atoms with E-state index in [2.05, 4.69) is 16.8 Å². The Morgan fingerprint density at radius 3 is 2.49 bits per heavy atom. The molecule has 0 radical (unpaired) electrons. The van der Waals surface area contributed by atoms with Gasteiger partial charge in [-0.1, -0.05) is 30.4 Å². The van der Waals surface area contributed by atoms with E-state index in [4.69, 9.17) is 4.74 Å². The second-order valence-electron chi connectivity index (χ2n) is 7.88. The number of aromatic amines is 1. The van der Waals surface area contributed by atoms with Gasteiger partial charge in [-0.2, -0.15) is 5.10 Å². The molecule has 0 aliphatic rings. The topological polar surface area (TPSA) is 77.0 Å². The number of hydrogen-bond acceptors (Lipinski definition) is 4. The predicted octanol–water partition coefficient (Wildman–Crippen LogP) is 6.29. The van der Waals surface area contributed by atoms with Crippen LogP contribution in [0, 0.1) is 18.6 Å². The summed E-state index contributed by atoms with van der Waals surface area (Å²) in [6.45, 7) is 5.61. The fraction of sp³-hybridized carbons (Fsp3) is 0.0385. The van der Waals surface area contributed by atoms with Crippen molar-refractivity contribution in [2.45, 2.75) is 11.8 Å². The summed E-state index contributed by atoms with van der Waals surface area (Å²) in [6.07, 6.45) is 4.24. The molecule has 176 valence electrons. The van der Waals surface area contributed by atoms with Crippen LogP contribution in [0.3, 0.4) is 0 Å². The zero-order chi connectivity index (χ0) is 24.7. The van der Waals surface area contributed by atoms with Gasteiger partial charge in [0.05, 0.1) is 16.1 Å². The number of aryl methyl sites for hydroxylation is 1. The van der Waals surface area contributed by atoms with E-state index in [9.17, 15) is 12.8 Å². The molecule has 5 aromatic rings. The molecule has 3 aromatic carbocycles. The first-order valence-corrected chi connectivity index (χ1v) is 12.0. The molecule has 5 rings (SSSR count). The third kappa shape index (κ3) is 3.89. The molecular weight excluding hydrogens is 472 g/mol. The summed E-state index contributed by atoms with van der Waals surface area (Å²) in [4.78, 5) is 0.0825. The fourth-order valence-corrected chi connectivity index (χ4v) is 5.21. The Morgan fingerprint density at radius 1 is 1.03 bits per heavy atom. The summed E-state index contributed by atoms with van der Waals surface area (Å²) in [5.41, 5.74) is 1.97. The van der Waals surface area contributed by atoms with Crippen molar-refractivity contribution in [3.63, 3.8) is 0 Å². The van der Waals surface area contributed by atoms with E-state index < -0.39 is 21.7 Å². The van der Waals surface area contributed by atoms with E-state index in [0.717, 1.165) is 15.6 Å². The van der Waals surface area contributed by atoms with E-state index in [1.165, 1.54) is 48.8 Å². The smallest absolute Gasteiger partial charge is 0.268 e. The minimum atomic E-state index is -3.96. The molecule has 0 aliphatic carbocycles. The van der Waals surface area contributed by atoms with E-state index in [0.29, 0.717) is 11.1 Å². The number of H-pyrrole nitrogens is 1. The van der Waals surface area contributed by atoms with Crippen molar-refractivity contribution in [3.05, 3.63) is 102 Å². The number of rotatable bonds is 6. The van der Waals surface area contributed by atoms with Gasteiger partial charge in [-0.3, -0.25) is 5.10 Å². The number of halogens is 2. The van der Waals surface area contributed by atoms with Crippen LogP contribution < -0.4 is 4.74 Å². The molecule has 1 N–H and O–H groups in total. The largest absolute Gasteiger partial charge is 0.454 e. The van der Waals surface area contributed by atoms with Gasteiger partial charge >= 0.3 is 0 Å². The second-order valence-corrected chi connectivity index (χ2v) is 9.70. The maximum atomic E-state index is 15.3. The Balaban J connectivity index is 1.60. The highest BCUT2D eigenvalue weighted by Crippen LogP contribution is 2.38. The minimum absolute atomic E-state index is 0.0825. The Hall–Kier alpha value is -4.24. The summed E-state index contributed by atoms with van der Waals surface area (Å²) < 4.78 is 63.0. The van der Waals surface area contributed by atoms with Crippen molar-refractivity contribution in [1.82, 2.24) is 14.2 Å². The van der Waals surface area contributed by atoms with Crippen molar-refractivity contribution >= 4 is 27.0 Å². The number of fused-ring (bicyclic) bond motifs is 1. The van der Waals surface area contributed by atoms with Gasteiger partial charge in [0.15, 0.2) is 11.6 Å². The maximum absolute atomic E-state index is 15.3. The molecule has 0 saturated carbocycles. The molecule has 2 aromatic heterocycles. The van der Waals surface area contributed by atoms with Gasteiger partial charge in [-0.15, -0.1) is 0 Å². The minimum Gasteiger partial charge on any atom is -0.454 e. The van der Waals surface area contributed by atoms with Gasteiger partial charge in [0.1, 0.15) is 11.6 Å². The summed E-state index contributed by atoms with van der Waals surface area (Å²) in [5.74, 6) is -1.26. The normalized spacial score (nSPS) is 11.6. The molecule has 35 heavy (non-hydrogen) atoms. The molecule has 0 amide bonds. The van der Waals surface area contributed by atoms with Gasteiger partial charge in [0.25, 0.3) is 10.0 Å². The third-order valence-electron chi connectivity index (χ3n) is 5.64. The van der Waals surface area contributed by atoms with Gasteiger partial charge in [-0.25, -0.2) is 21.2 Å². The van der Waals surface area contributed by atoms with Crippen molar-refractivity contribution < 1.29 is 21.9 Å². The quantitative estimate of drug-likeness (QED) is 0.303. The maximum Gasteiger partial charge on any atom is 0.268 e. The zero-order valence-electron chi connectivity index (χ0n) is 18.5. The zero-order valence-corrected chi connectivity index (χ0v) is 19.3. The first kappa shape index (κ1) is 22.5. The molecule has 6 nitrogen and oxygen atoms in total. The van der Waals surface area contributed by atoms with Crippen molar-refractivity contribution in [1.29, 1.82) is 0 Å². The number of nitrogens with zero attached hydrogens (tertiary/aromatic N) is 2.